The molecule has 0 aromatic heterocycles. The van der Waals surface area contributed by atoms with Crippen LogP contribution in [-0.4, -0.2) is 49.9 Å². The van der Waals surface area contributed by atoms with E-state index < -0.39 is 7.92 Å². The third-order valence-corrected chi connectivity index (χ3v) is 7.05. The van der Waals surface area contributed by atoms with Crippen molar-refractivity contribution in [2.75, 3.05) is 38.8 Å². The van der Waals surface area contributed by atoms with Gasteiger partial charge in [0.2, 0.25) is 0 Å². The fourth-order valence-corrected chi connectivity index (χ4v) is 5.34. The molecule has 0 aliphatic heterocycles. The maximum atomic E-state index is 8.10. The highest BCUT2D eigenvalue weighted by Gasteiger charge is 2.18. The van der Waals surface area contributed by atoms with Gasteiger partial charge in [-0.2, -0.15) is 0 Å². The van der Waals surface area contributed by atoms with Gasteiger partial charge in [-0.25, -0.2) is 0 Å². The largest absolute Gasteiger partial charge is 0.349 e. The van der Waals surface area contributed by atoms with E-state index in [1.54, 1.807) is 9.80 Å². The molecule has 0 aliphatic carbocycles. The predicted octanol–water partition coefficient (Wildman–Crippen LogP) is 4.10. The molecule has 0 radical (unpaired) electrons. The summed E-state index contributed by atoms with van der Waals surface area (Å²) in [6, 6.07) is 27.1. The lowest BCUT2D eigenvalue weighted by molar-refractivity contribution is 0.616. The first-order valence-electron chi connectivity index (χ1n) is 9.96. The Morgan fingerprint density at radius 3 is 1.39 bits per heavy atom. The average Bonchev–Trinajstić information content (AvgIpc) is 2.75. The normalized spacial score (nSPS) is 10.7. The number of nitrogens with one attached hydrogen (secondary N) is 4. The van der Waals surface area contributed by atoms with E-state index in [0.717, 1.165) is 11.4 Å². The molecule has 176 valence electrons. The van der Waals surface area contributed by atoms with Crippen LogP contribution in [0.25, 0.3) is 0 Å². The number of rotatable bonds is 5. The van der Waals surface area contributed by atoms with Crippen molar-refractivity contribution in [2.24, 2.45) is 0 Å². The van der Waals surface area contributed by atoms with E-state index in [-0.39, 0.29) is 24.8 Å². The molecule has 3 rings (SSSR count). The summed E-state index contributed by atoms with van der Waals surface area (Å²) in [6.45, 7) is 0. The van der Waals surface area contributed by atoms with Gasteiger partial charge in [0, 0.05) is 39.6 Å². The van der Waals surface area contributed by atoms with Gasteiger partial charge in [-0.15, -0.1) is 24.8 Å². The smallest absolute Gasteiger partial charge is 0.195 e. The van der Waals surface area contributed by atoms with Crippen LogP contribution in [0, 0.1) is 10.8 Å². The minimum Gasteiger partial charge on any atom is -0.349 e. The molecule has 0 heterocycles. The lowest BCUT2D eigenvalue weighted by Crippen LogP contribution is -2.29. The van der Waals surface area contributed by atoms with E-state index >= 15 is 0 Å². The highest BCUT2D eigenvalue weighted by molar-refractivity contribution is 7.79. The Labute approximate surface area is 210 Å². The number of hydrogen-bond acceptors (Lipinski definition) is 2. The second kappa shape index (κ2) is 13.0. The van der Waals surface area contributed by atoms with E-state index in [1.165, 1.54) is 15.9 Å². The minimum atomic E-state index is -0.807. The molecule has 0 saturated heterocycles. The number of halogens is 2. The Hall–Kier alpha value is -2.79. The van der Waals surface area contributed by atoms with Gasteiger partial charge in [0.1, 0.15) is 0 Å². The van der Waals surface area contributed by atoms with E-state index in [0.29, 0.717) is 11.9 Å². The van der Waals surface area contributed by atoms with E-state index in [4.69, 9.17) is 10.8 Å². The van der Waals surface area contributed by atoms with Crippen LogP contribution in [0.2, 0.25) is 0 Å². The summed E-state index contributed by atoms with van der Waals surface area (Å²) < 4.78 is 0. The van der Waals surface area contributed by atoms with Crippen molar-refractivity contribution in [3.8, 4) is 0 Å². The first kappa shape index (κ1) is 28.2. The van der Waals surface area contributed by atoms with Crippen molar-refractivity contribution >= 4 is 71.9 Å². The first-order chi connectivity index (χ1) is 14.8. The Bertz CT molecular complexity index is 994. The molecule has 33 heavy (non-hydrogen) atoms. The molecule has 0 aliphatic rings. The summed E-state index contributed by atoms with van der Waals surface area (Å²) in [7, 11) is 6.58. The van der Waals surface area contributed by atoms with Gasteiger partial charge in [-0.1, -0.05) is 54.6 Å². The molecule has 3 aromatic rings. The fraction of sp³-hybridized carbons (Fsp3) is 0.167. The Balaban J connectivity index is 0.00000272. The van der Waals surface area contributed by atoms with E-state index in [1.807, 2.05) is 58.5 Å². The molecule has 0 atom stereocenters. The monoisotopic (exact) mass is 504 g/mol. The second-order valence-corrected chi connectivity index (χ2v) is 9.73. The maximum absolute atomic E-state index is 8.10. The second-order valence-electron chi connectivity index (χ2n) is 7.51. The molecule has 0 saturated carbocycles. The molecular formula is C24H31Cl2N6P. The van der Waals surface area contributed by atoms with Gasteiger partial charge in [0.05, 0.1) is 0 Å². The lowest BCUT2D eigenvalue weighted by Gasteiger charge is -2.22. The van der Waals surface area contributed by atoms with Crippen molar-refractivity contribution in [3.05, 3.63) is 78.9 Å². The highest BCUT2D eigenvalue weighted by Crippen LogP contribution is 2.34. The summed E-state index contributed by atoms with van der Waals surface area (Å²) in [5.74, 6) is 0.684. The zero-order chi connectivity index (χ0) is 22.4. The summed E-state index contributed by atoms with van der Waals surface area (Å²) in [6.07, 6.45) is 0. The maximum Gasteiger partial charge on any atom is 0.195 e. The molecule has 6 nitrogen and oxygen atoms in total. The molecule has 0 amide bonds. The summed E-state index contributed by atoms with van der Waals surface area (Å²) in [4.78, 5) is 3.48. The predicted molar refractivity (Wildman–Crippen MR) is 150 cm³/mol. The molecule has 4 N–H and O–H groups in total. The van der Waals surface area contributed by atoms with Crippen molar-refractivity contribution in [1.82, 2.24) is 9.80 Å². The number of benzene rings is 3. The SMILES string of the molecule is CN(C)C(=N)Nc1cccc(P(c2ccccc2)c2cccc(NC(=N)N(C)C)c2)c1.Cl.Cl. The number of anilines is 2. The van der Waals surface area contributed by atoms with Crippen molar-refractivity contribution in [2.45, 2.75) is 0 Å². The van der Waals surface area contributed by atoms with Gasteiger partial charge < -0.3 is 20.4 Å². The summed E-state index contributed by atoms with van der Waals surface area (Å²) in [5.41, 5.74) is 1.78. The number of nitrogens with zero attached hydrogens (tertiary/aromatic N) is 2. The van der Waals surface area contributed by atoms with Gasteiger partial charge in [-0.05, 0) is 48.1 Å². The molecule has 0 fully saturated rings. The number of hydrogen-bond donors (Lipinski definition) is 4. The van der Waals surface area contributed by atoms with Crippen LogP contribution >= 0.6 is 32.7 Å². The van der Waals surface area contributed by atoms with Gasteiger partial charge in [0.15, 0.2) is 11.9 Å². The van der Waals surface area contributed by atoms with Gasteiger partial charge in [-0.3, -0.25) is 10.8 Å². The Morgan fingerprint density at radius 1 is 0.606 bits per heavy atom. The van der Waals surface area contributed by atoms with Crippen LogP contribution < -0.4 is 26.5 Å². The third kappa shape index (κ3) is 7.64. The van der Waals surface area contributed by atoms with Crippen LogP contribution in [0.3, 0.4) is 0 Å². The summed E-state index contributed by atoms with van der Waals surface area (Å²) >= 11 is 0. The van der Waals surface area contributed by atoms with Crippen LogP contribution in [0.15, 0.2) is 78.9 Å². The molecular weight excluding hydrogens is 474 g/mol. The lowest BCUT2D eigenvalue weighted by atomic mass is 10.3. The van der Waals surface area contributed by atoms with Gasteiger partial charge in [0.25, 0.3) is 0 Å². The third-order valence-electron chi connectivity index (χ3n) is 4.64. The van der Waals surface area contributed by atoms with E-state index in [9.17, 15) is 0 Å². The molecule has 0 bridgehead atoms. The highest BCUT2D eigenvalue weighted by atomic mass is 35.5. The first-order valence-corrected chi connectivity index (χ1v) is 11.3. The zero-order valence-electron chi connectivity index (χ0n) is 19.2. The minimum absolute atomic E-state index is 0. The summed E-state index contributed by atoms with van der Waals surface area (Å²) in [5, 5.41) is 26.2. The Morgan fingerprint density at radius 2 is 1.00 bits per heavy atom. The zero-order valence-corrected chi connectivity index (χ0v) is 21.7. The van der Waals surface area contributed by atoms with E-state index in [2.05, 4.69) is 59.2 Å². The average molecular weight is 505 g/mol. The van der Waals surface area contributed by atoms with Gasteiger partial charge >= 0.3 is 0 Å². The van der Waals surface area contributed by atoms with Crippen molar-refractivity contribution in [1.29, 1.82) is 10.8 Å². The van der Waals surface area contributed by atoms with Crippen LogP contribution in [0.5, 0.6) is 0 Å². The molecule has 3 aromatic carbocycles. The standard InChI is InChI=1S/C24H29N6P.2ClH/c1-29(2)23(25)27-18-10-8-14-21(16-18)31(20-12-6-5-7-13-20)22-15-9-11-19(17-22)28-24(26)30(3)4;;/h5-17H,1-4H3,(H2,25,27)(H2,26,28);2*1H. The topological polar surface area (TPSA) is 78.2 Å². The quantitative estimate of drug-likeness (QED) is 0.239. The van der Waals surface area contributed by atoms with Crippen LogP contribution in [0.1, 0.15) is 0 Å². The fourth-order valence-electron chi connectivity index (χ4n) is 2.97. The molecule has 9 heteroatoms. The van der Waals surface area contributed by atoms with Crippen molar-refractivity contribution < 1.29 is 0 Å². The molecule has 0 spiro atoms. The Kier molecular flexibility index (Phi) is 11.2. The molecule has 0 unspecified atom stereocenters. The van der Waals surface area contributed by atoms with Crippen molar-refractivity contribution in [3.63, 3.8) is 0 Å². The van der Waals surface area contributed by atoms with Crippen LogP contribution in [-0.2, 0) is 0 Å². The van der Waals surface area contributed by atoms with Crippen LogP contribution in [0.4, 0.5) is 11.4 Å². The number of guanidine groups is 2.